The first-order valence-corrected chi connectivity index (χ1v) is 13.4. The Morgan fingerprint density at radius 1 is 1.05 bits per heavy atom. The minimum absolute atomic E-state index is 0.0149. The van der Waals surface area contributed by atoms with Gasteiger partial charge < -0.3 is 24.6 Å². The Morgan fingerprint density at radius 2 is 1.76 bits per heavy atom. The Hall–Kier alpha value is -3.24. The number of esters is 1. The number of carbonyl (C=O) groups is 2. The van der Waals surface area contributed by atoms with Crippen molar-refractivity contribution in [2.75, 3.05) is 11.1 Å². The zero-order valence-electron chi connectivity index (χ0n) is 21.6. The van der Waals surface area contributed by atoms with Crippen LogP contribution in [0, 0.1) is 5.92 Å². The van der Waals surface area contributed by atoms with Crippen LogP contribution in [0.2, 0.25) is 0 Å². The summed E-state index contributed by atoms with van der Waals surface area (Å²) in [5.41, 5.74) is 3.24. The van der Waals surface area contributed by atoms with Crippen LogP contribution in [-0.4, -0.2) is 39.9 Å². The van der Waals surface area contributed by atoms with Crippen LogP contribution in [0.3, 0.4) is 0 Å². The fourth-order valence-electron chi connectivity index (χ4n) is 4.18. The number of ether oxygens (including phenoxy) is 3. The van der Waals surface area contributed by atoms with Crippen molar-refractivity contribution in [2.24, 2.45) is 5.92 Å². The number of pyridine rings is 1. The third-order valence-electron chi connectivity index (χ3n) is 6.32. The van der Waals surface area contributed by atoms with Crippen LogP contribution in [0.15, 0.2) is 78.0 Å². The second kappa shape index (κ2) is 13.0. The molecular formula is C29H32N2O6S. The first kappa shape index (κ1) is 27.8. The van der Waals surface area contributed by atoms with Crippen molar-refractivity contribution >= 4 is 29.3 Å². The van der Waals surface area contributed by atoms with Crippen molar-refractivity contribution in [2.45, 2.75) is 57.0 Å². The highest BCUT2D eigenvalue weighted by Crippen LogP contribution is 2.43. The zero-order chi connectivity index (χ0) is 27.1. The standard InChI is InChI=1S/C29H32N2O6S/c1-18-25(17-38-26-6-4-5-15-30-26)36-29(37-27(18)22-9-7-21(16-32)8-10-22)23-11-13-24(14-12-23)31-28(34)19(2)35-20(3)33/h4-15,18-19,25,27,29,32H,16-17H2,1-3H3,(H,31,34)/t18-,19-,25+,27+,29+/m0/s1. The van der Waals surface area contributed by atoms with Crippen LogP contribution >= 0.6 is 11.8 Å². The molecule has 1 aliphatic heterocycles. The van der Waals surface area contributed by atoms with Gasteiger partial charge in [-0.15, -0.1) is 11.8 Å². The molecule has 3 aromatic rings. The normalized spacial score (nSPS) is 21.9. The lowest BCUT2D eigenvalue weighted by atomic mass is 9.91. The number of nitrogens with zero attached hydrogens (tertiary/aromatic N) is 1. The number of amides is 1. The van der Waals surface area contributed by atoms with E-state index in [-0.39, 0.29) is 24.7 Å². The predicted octanol–water partition coefficient (Wildman–Crippen LogP) is 5.05. The van der Waals surface area contributed by atoms with Gasteiger partial charge in [-0.05, 0) is 42.3 Å². The van der Waals surface area contributed by atoms with Crippen LogP contribution in [-0.2, 0) is 30.4 Å². The molecule has 200 valence electrons. The molecule has 9 heteroatoms. The second-order valence-electron chi connectivity index (χ2n) is 9.16. The monoisotopic (exact) mass is 536 g/mol. The number of aromatic nitrogens is 1. The van der Waals surface area contributed by atoms with E-state index < -0.39 is 24.3 Å². The Kier molecular flexibility index (Phi) is 9.52. The second-order valence-corrected chi connectivity index (χ2v) is 10.2. The van der Waals surface area contributed by atoms with Crippen LogP contribution in [0.25, 0.3) is 0 Å². The quantitative estimate of drug-likeness (QED) is 0.289. The molecule has 0 bridgehead atoms. The number of aliphatic hydroxyl groups is 1. The average molecular weight is 537 g/mol. The van der Waals surface area contributed by atoms with Gasteiger partial charge in [0.05, 0.1) is 23.8 Å². The van der Waals surface area contributed by atoms with Gasteiger partial charge in [0.25, 0.3) is 5.91 Å². The molecule has 0 aliphatic carbocycles. The first-order chi connectivity index (χ1) is 18.3. The van der Waals surface area contributed by atoms with Crippen LogP contribution in [0.4, 0.5) is 5.69 Å². The fraction of sp³-hybridized carbons (Fsp3) is 0.345. The van der Waals surface area contributed by atoms with E-state index in [2.05, 4.69) is 17.2 Å². The van der Waals surface area contributed by atoms with E-state index >= 15 is 0 Å². The molecule has 38 heavy (non-hydrogen) atoms. The van der Waals surface area contributed by atoms with E-state index in [1.54, 1.807) is 30.1 Å². The lowest BCUT2D eigenvalue weighted by molar-refractivity contribution is -0.268. The molecule has 1 amide bonds. The number of benzene rings is 2. The van der Waals surface area contributed by atoms with Crippen molar-refractivity contribution < 1.29 is 28.9 Å². The molecule has 1 aliphatic rings. The molecule has 0 radical (unpaired) electrons. The molecule has 4 rings (SSSR count). The maximum Gasteiger partial charge on any atom is 0.303 e. The van der Waals surface area contributed by atoms with Gasteiger partial charge in [-0.3, -0.25) is 9.59 Å². The van der Waals surface area contributed by atoms with Crippen LogP contribution < -0.4 is 5.32 Å². The molecule has 2 aromatic carbocycles. The summed E-state index contributed by atoms with van der Waals surface area (Å²) in [6, 6.07) is 20.8. The highest BCUT2D eigenvalue weighted by atomic mass is 32.2. The van der Waals surface area contributed by atoms with E-state index in [9.17, 15) is 14.7 Å². The summed E-state index contributed by atoms with van der Waals surface area (Å²) in [5.74, 6) is -0.167. The molecule has 0 spiro atoms. The van der Waals surface area contributed by atoms with Gasteiger partial charge in [0.15, 0.2) is 12.4 Å². The molecule has 1 saturated heterocycles. The summed E-state index contributed by atoms with van der Waals surface area (Å²) in [4.78, 5) is 27.8. The van der Waals surface area contributed by atoms with Gasteiger partial charge in [-0.1, -0.05) is 49.4 Å². The molecule has 5 atom stereocenters. The zero-order valence-corrected chi connectivity index (χ0v) is 22.4. The summed E-state index contributed by atoms with van der Waals surface area (Å²) in [6.45, 7) is 4.89. The van der Waals surface area contributed by atoms with Gasteiger partial charge >= 0.3 is 5.97 Å². The number of aliphatic hydroxyl groups excluding tert-OH is 1. The topological polar surface area (TPSA) is 107 Å². The molecule has 0 unspecified atom stereocenters. The van der Waals surface area contributed by atoms with Crippen LogP contribution in [0.1, 0.15) is 49.9 Å². The van der Waals surface area contributed by atoms with Gasteiger partial charge in [-0.25, -0.2) is 4.98 Å². The Morgan fingerprint density at radius 3 is 2.39 bits per heavy atom. The number of hydrogen-bond acceptors (Lipinski definition) is 8. The number of carbonyl (C=O) groups excluding carboxylic acids is 2. The van der Waals surface area contributed by atoms with Crippen molar-refractivity contribution in [3.63, 3.8) is 0 Å². The third kappa shape index (κ3) is 7.20. The largest absolute Gasteiger partial charge is 0.453 e. The SMILES string of the molecule is CC(=O)O[C@@H](C)C(=O)Nc1ccc([C@@H]2O[C@H](CSc3ccccn3)[C@H](C)[C@H](c3ccc(CO)cc3)O2)cc1. The lowest BCUT2D eigenvalue weighted by Gasteiger charge is -2.41. The Bertz CT molecular complexity index is 1210. The minimum Gasteiger partial charge on any atom is -0.453 e. The maximum atomic E-state index is 12.3. The molecule has 8 nitrogen and oxygen atoms in total. The summed E-state index contributed by atoms with van der Waals surface area (Å²) < 4.78 is 17.9. The molecular weight excluding hydrogens is 504 g/mol. The molecule has 1 fully saturated rings. The summed E-state index contributed by atoms with van der Waals surface area (Å²) in [5, 5.41) is 13.1. The number of hydrogen-bond donors (Lipinski definition) is 2. The van der Waals surface area contributed by atoms with Crippen molar-refractivity contribution in [3.8, 4) is 0 Å². The minimum atomic E-state index is -0.894. The highest BCUT2D eigenvalue weighted by Gasteiger charge is 2.38. The Balaban J connectivity index is 1.51. The smallest absolute Gasteiger partial charge is 0.303 e. The maximum absolute atomic E-state index is 12.3. The van der Waals surface area contributed by atoms with E-state index in [0.717, 1.165) is 21.7 Å². The Labute approximate surface area is 226 Å². The number of thioether (sulfide) groups is 1. The number of anilines is 1. The van der Waals surface area contributed by atoms with Gasteiger partial charge in [-0.2, -0.15) is 0 Å². The molecule has 0 saturated carbocycles. The summed E-state index contributed by atoms with van der Waals surface area (Å²) >= 11 is 1.64. The average Bonchev–Trinajstić information content (AvgIpc) is 2.93. The van der Waals surface area contributed by atoms with E-state index in [1.165, 1.54) is 13.8 Å². The van der Waals surface area contributed by atoms with Gasteiger partial charge in [0.2, 0.25) is 0 Å². The van der Waals surface area contributed by atoms with E-state index in [4.69, 9.17) is 14.2 Å². The summed E-state index contributed by atoms with van der Waals surface area (Å²) in [7, 11) is 0. The number of nitrogens with one attached hydrogen (secondary N) is 1. The van der Waals surface area contributed by atoms with Crippen molar-refractivity contribution in [3.05, 3.63) is 89.6 Å². The highest BCUT2D eigenvalue weighted by molar-refractivity contribution is 7.99. The first-order valence-electron chi connectivity index (χ1n) is 12.5. The van der Waals surface area contributed by atoms with Gasteiger partial charge in [0.1, 0.15) is 0 Å². The fourth-order valence-corrected chi connectivity index (χ4v) is 5.21. The van der Waals surface area contributed by atoms with E-state index in [0.29, 0.717) is 11.4 Å². The predicted molar refractivity (Wildman–Crippen MR) is 144 cm³/mol. The van der Waals surface area contributed by atoms with Crippen LogP contribution in [0.5, 0.6) is 0 Å². The van der Waals surface area contributed by atoms with Crippen molar-refractivity contribution in [1.29, 1.82) is 0 Å². The molecule has 2 N–H and O–H groups in total. The molecule has 2 heterocycles. The molecule has 1 aromatic heterocycles. The lowest BCUT2D eigenvalue weighted by Crippen LogP contribution is -2.38. The summed E-state index contributed by atoms with van der Waals surface area (Å²) in [6.07, 6.45) is -0.0769. The number of rotatable bonds is 9. The van der Waals surface area contributed by atoms with Gasteiger partial charge in [0, 0.05) is 36.0 Å². The third-order valence-corrected chi connectivity index (χ3v) is 7.35. The van der Waals surface area contributed by atoms with Crippen molar-refractivity contribution in [1.82, 2.24) is 4.98 Å². The van der Waals surface area contributed by atoms with E-state index in [1.807, 2.05) is 54.6 Å².